The first-order valence-corrected chi connectivity index (χ1v) is 11.1. The number of rotatable bonds is 2. The predicted octanol–water partition coefficient (Wildman–Crippen LogP) is 2.30. The van der Waals surface area contributed by atoms with Crippen molar-refractivity contribution in [3.05, 3.63) is 12.2 Å². The average molecular weight is 378 g/mol. The molecule has 142 valence electrons. The molecule has 4 bridgehead atoms. The van der Waals surface area contributed by atoms with Gasteiger partial charge in [-0.15, -0.1) is 0 Å². The van der Waals surface area contributed by atoms with Crippen molar-refractivity contribution in [2.75, 3.05) is 12.9 Å². The molecule has 1 aliphatic heterocycles. The molecule has 4 aliphatic carbocycles. The van der Waals surface area contributed by atoms with Crippen LogP contribution < -0.4 is 0 Å². The monoisotopic (exact) mass is 377 g/mol. The maximum Gasteiger partial charge on any atom is 0.310 e. The molecule has 5 aliphatic rings. The van der Waals surface area contributed by atoms with Crippen molar-refractivity contribution in [3.63, 3.8) is 0 Å². The topological polar surface area (TPSA) is 63.7 Å². The molecule has 0 N–H and O–H groups in total. The molecule has 4 fully saturated rings. The first kappa shape index (κ1) is 17.0. The number of carbonyl (C=O) groups is 2. The number of hydrogen-bond acceptors (Lipinski definition) is 4. The summed E-state index contributed by atoms with van der Waals surface area (Å²) in [6.45, 7) is 4.60. The Morgan fingerprint density at radius 3 is 2.50 bits per heavy atom. The van der Waals surface area contributed by atoms with Crippen molar-refractivity contribution in [3.8, 4) is 0 Å². The van der Waals surface area contributed by atoms with Crippen LogP contribution in [-0.4, -0.2) is 39.3 Å². The molecule has 26 heavy (non-hydrogen) atoms. The van der Waals surface area contributed by atoms with Gasteiger partial charge in [-0.1, -0.05) is 26.0 Å². The molecule has 1 saturated heterocycles. The fourth-order valence-corrected chi connectivity index (χ4v) is 9.33. The number of nitrogens with zero attached hydrogens (tertiary/aromatic N) is 1. The molecule has 1 heterocycles. The summed E-state index contributed by atoms with van der Waals surface area (Å²) in [7, 11) is 0.111. The summed E-state index contributed by atoms with van der Waals surface area (Å²) in [6, 6.07) is 0.0750. The van der Waals surface area contributed by atoms with Crippen LogP contribution in [0.15, 0.2) is 12.2 Å². The van der Waals surface area contributed by atoms with Gasteiger partial charge in [-0.05, 0) is 48.9 Å². The number of allylic oxidation sites excluding steroid dienone is 2. The molecule has 0 aromatic carbocycles. The summed E-state index contributed by atoms with van der Waals surface area (Å²) in [6.07, 6.45) is 8.18. The van der Waals surface area contributed by atoms with Gasteiger partial charge in [0.05, 0.1) is 30.7 Å². The van der Waals surface area contributed by atoms with Gasteiger partial charge in [0.25, 0.3) is 0 Å². The van der Waals surface area contributed by atoms with Crippen molar-refractivity contribution in [2.45, 2.75) is 45.6 Å². The zero-order valence-electron chi connectivity index (χ0n) is 15.6. The molecule has 6 heteroatoms. The molecule has 1 spiro atoms. The Kier molecular flexibility index (Phi) is 3.40. The van der Waals surface area contributed by atoms with Gasteiger partial charge in [-0.25, -0.2) is 4.21 Å². The highest BCUT2D eigenvalue weighted by molar-refractivity contribution is 7.83. The van der Waals surface area contributed by atoms with Gasteiger partial charge in [0.1, 0.15) is 11.0 Å². The summed E-state index contributed by atoms with van der Waals surface area (Å²) >= 11 is 0. The number of amides is 1. The van der Waals surface area contributed by atoms with E-state index in [-0.39, 0.29) is 40.6 Å². The predicted molar refractivity (Wildman–Crippen MR) is 96.9 cm³/mol. The van der Waals surface area contributed by atoms with Crippen molar-refractivity contribution >= 4 is 22.9 Å². The zero-order chi connectivity index (χ0) is 18.4. The van der Waals surface area contributed by atoms with E-state index in [1.54, 1.807) is 4.31 Å². The number of hydrogen-bond donors (Lipinski definition) is 0. The van der Waals surface area contributed by atoms with Crippen LogP contribution in [0.25, 0.3) is 0 Å². The van der Waals surface area contributed by atoms with Crippen molar-refractivity contribution < 1.29 is 18.5 Å². The van der Waals surface area contributed by atoms with Crippen LogP contribution in [-0.2, 0) is 25.3 Å². The Labute approximate surface area is 157 Å². The van der Waals surface area contributed by atoms with E-state index in [1.807, 2.05) is 0 Å². The van der Waals surface area contributed by atoms with Crippen molar-refractivity contribution in [2.24, 2.45) is 40.4 Å². The van der Waals surface area contributed by atoms with Crippen LogP contribution in [0.1, 0.15) is 39.5 Å². The van der Waals surface area contributed by atoms with Gasteiger partial charge in [0, 0.05) is 5.41 Å². The van der Waals surface area contributed by atoms with E-state index >= 15 is 0 Å². The third-order valence-corrected chi connectivity index (χ3v) is 10.3. The Balaban J connectivity index is 1.49. The standard InChI is InChI=1S/C20H27NO4S/c1-19(2)13-6-7-20(19)10-26(24)21(14(20)9-13)17(22)15-11-4-5-12(8-11)16(15)18(23)25-3/h4-5,11-16H,6-10H2,1-3H3/t11-,12+,13-,14-,15+,16+,20-,26?/m1/s1. The number of methoxy groups -OCH3 is 1. The second kappa shape index (κ2) is 5.21. The van der Waals surface area contributed by atoms with E-state index in [9.17, 15) is 13.8 Å². The second-order valence-electron chi connectivity index (χ2n) is 9.52. The van der Waals surface area contributed by atoms with Crippen LogP contribution in [0.5, 0.6) is 0 Å². The maximum absolute atomic E-state index is 13.6. The molecule has 0 aromatic rings. The van der Waals surface area contributed by atoms with E-state index < -0.39 is 22.8 Å². The SMILES string of the molecule is COC(=O)[C@@H]1[C@@H](C(=O)N2[C@@H]3C[C@H]4CC[C@]3(CS2=O)C4(C)C)[C@@H]2C=C[C@H]1C2. The third-order valence-electron chi connectivity index (χ3n) is 8.71. The van der Waals surface area contributed by atoms with Crippen LogP contribution >= 0.6 is 0 Å². The van der Waals surface area contributed by atoms with E-state index in [4.69, 9.17) is 4.74 Å². The Morgan fingerprint density at radius 2 is 1.85 bits per heavy atom. The normalized spacial score (nSPS) is 49.7. The first-order valence-electron chi connectivity index (χ1n) is 9.79. The molecule has 0 radical (unpaired) electrons. The molecule has 1 unspecified atom stereocenters. The van der Waals surface area contributed by atoms with E-state index in [2.05, 4.69) is 26.0 Å². The van der Waals surface area contributed by atoms with Gasteiger partial charge in [0.2, 0.25) is 5.91 Å². The minimum Gasteiger partial charge on any atom is -0.469 e. The molecule has 1 amide bonds. The largest absolute Gasteiger partial charge is 0.469 e. The highest BCUT2D eigenvalue weighted by atomic mass is 32.2. The Morgan fingerprint density at radius 1 is 1.15 bits per heavy atom. The Hall–Kier alpha value is -1.17. The van der Waals surface area contributed by atoms with Crippen LogP contribution in [0.4, 0.5) is 0 Å². The maximum atomic E-state index is 13.6. The van der Waals surface area contributed by atoms with Crippen LogP contribution in [0.2, 0.25) is 0 Å². The lowest BCUT2D eigenvalue weighted by Crippen LogP contribution is -2.48. The van der Waals surface area contributed by atoms with Gasteiger partial charge >= 0.3 is 5.97 Å². The number of esters is 1. The third kappa shape index (κ3) is 1.80. The smallest absolute Gasteiger partial charge is 0.310 e. The summed E-state index contributed by atoms with van der Waals surface area (Å²) < 4.78 is 19.8. The molecule has 0 aromatic heterocycles. The van der Waals surface area contributed by atoms with Crippen LogP contribution in [0.3, 0.4) is 0 Å². The highest BCUT2D eigenvalue weighted by Gasteiger charge is 2.71. The van der Waals surface area contributed by atoms with Crippen molar-refractivity contribution in [1.82, 2.24) is 4.31 Å². The molecular formula is C20H27NO4S. The summed E-state index contributed by atoms with van der Waals surface area (Å²) in [5.74, 6) is 0.193. The number of carbonyl (C=O) groups excluding carboxylic acids is 2. The zero-order valence-corrected chi connectivity index (χ0v) is 16.5. The van der Waals surface area contributed by atoms with E-state index in [0.29, 0.717) is 11.7 Å². The molecule has 8 atom stereocenters. The fourth-order valence-electron chi connectivity index (χ4n) is 7.15. The van der Waals surface area contributed by atoms with E-state index in [1.165, 1.54) is 13.5 Å². The molecule has 5 rings (SSSR count). The molecule has 5 nitrogen and oxygen atoms in total. The average Bonchev–Trinajstić information content (AvgIpc) is 3.36. The van der Waals surface area contributed by atoms with Gasteiger partial charge in [0.15, 0.2) is 0 Å². The lowest BCUT2D eigenvalue weighted by atomic mass is 9.69. The minimum atomic E-state index is -1.28. The Bertz CT molecular complexity index is 746. The summed E-state index contributed by atoms with van der Waals surface area (Å²) in [5.41, 5.74) is 0.130. The lowest BCUT2D eigenvalue weighted by molar-refractivity contribution is -0.152. The fraction of sp³-hybridized carbons (Fsp3) is 0.800. The van der Waals surface area contributed by atoms with Gasteiger partial charge in [-0.2, -0.15) is 0 Å². The van der Waals surface area contributed by atoms with E-state index in [0.717, 1.165) is 19.3 Å². The quantitative estimate of drug-likeness (QED) is 0.547. The summed E-state index contributed by atoms with van der Waals surface area (Å²) in [4.78, 5) is 26.0. The molecule has 3 saturated carbocycles. The minimum absolute atomic E-state index is 0.00753. The highest BCUT2D eigenvalue weighted by Crippen LogP contribution is 2.69. The number of ether oxygens (including phenoxy) is 1. The van der Waals surface area contributed by atoms with Gasteiger partial charge in [-0.3, -0.25) is 13.9 Å². The second-order valence-corrected chi connectivity index (χ2v) is 10.8. The van der Waals surface area contributed by atoms with Gasteiger partial charge < -0.3 is 4.74 Å². The first-order chi connectivity index (χ1) is 12.3. The summed E-state index contributed by atoms with van der Waals surface area (Å²) in [5, 5.41) is 0. The lowest BCUT2D eigenvalue weighted by Gasteiger charge is -2.38. The number of fused-ring (bicyclic) bond motifs is 3. The molecular weight excluding hydrogens is 350 g/mol. The van der Waals surface area contributed by atoms with Crippen molar-refractivity contribution in [1.29, 1.82) is 0 Å². The van der Waals surface area contributed by atoms with Crippen LogP contribution in [0, 0.1) is 40.4 Å².